The predicted octanol–water partition coefficient (Wildman–Crippen LogP) is 12.6. The Bertz CT molecular complexity index is 2270. The van der Waals surface area contributed by atoms with E-state index in [9.17, 15) is 0 Å². The summed E-state index contributed by atoms with van der Waals surface area (Å²) in [5.74, 6) is 2.79. The lowest BCUT2D eigenvalue weighted by Crippen LogP contribution is -2.37. The zero-order chi connectivity index (χ0) is 36.2. The Morgan fingerprint density at radius 1 is 0.796 bits per heavy atom. The van der Waals surface area contributed by atoms with E-state index in [1.807, 2.05) is 0 Å². The van der Waals surface area contributed by atoms with Crippen LogP contribution in [0.2, 0.25) is 0 Å². The molecule has 1 aromatic heterocycles. The number of hydrogen-bond acceptors (Lipinski definition) is 1. The van der Waals surface area contributed by atoms with Gasteiger partial charge in [-0.2, -0.15) is 0 Å². The summed E-state index contributed by atoms with van der Waals surface area (Å²) in [6.07, 6.45) is 46.9. The van der Waals surface area contributed by atoms with Gasteiger partial charge in [-0.1, -0.05) is 146 Å². The number of benzene rings is 2. The van der Waals surface area contributed by atoms with Gasteiger partial charge in [0.2, 0.25) is 0 Å². The second kappa shape index (κ2) is 13.8. The summed E-state index contributed by atoms with van der Waals surface area (Å²) < 4.78 is 2.61. The minimum atomic E-state index is 0.255. The van der Waals surface area contributed by atoms with Crippen LogP contribution in [0.5, 0.6) is 0 Å². The van der Waals surface area contributed by atoms with E-state index in [4.69, 9.17) is 0 Å². The second-order valence-corrected chi connectivity index (χ2v) is 17.5. The van der Waals surface area contributed by atoms with E-state index in [2.05, 4.69) is 169 Å². The Hall–Kier alpha value is -4.82. The Morgan fingerprint density at radius 3 is 2.48 bits per heavy atom. The molecule has 3 aromatic rings. The number of para-hydroxylation sites is 1. The highest BCUT2D eigenvalue weighted by Gasteiger charge is 2.51. The lowest BCUT2D eigenvalue weighted by atomic mass is 9.71. The van der Waals surface area contributed by atoms with Gasteiger partial charge in [0.05, 0.1) is 11.6 Å². The zero-order valence-electron chi connectivity index (χ0n) is 32.1. The van der Waals surface area contributed by atoms with Gasteiger partial charge in [-0.25, -0.2) is 0 Å². The summed E-state index contributed by atoms with van der Waals surface area (Å²) >= 11 is 0. The number of aromatic nitrogens is 1. The zero-order valence-corrected chi connectivity index (χ0v) is 32.1. The molecule has 2 heteroatoms. The first-order chi connectivity index (χ1) is 26.5. The first-order valence-electron chi connectivity index (χ1n) is 20.8. The molecule has 0 radical (unpaired) electrons. The minimum Gasteiger partial charge on any atom is -0.361 e. The Balaban J connectivity index is 0.929. The summed E-state index contributed by atoms with van der Waals surface area (Å²) in [6, 6.07) is 19.3. The van der Waals surface area contributed by atoms with E-state index in [-0.39, 0.29) is 5.41 Å². The molecule has 0 amide bonds. The van der Waals surface area contributed by atoms with Gasteiger partial charge >= 0.3 is 0 Å². The summed E-state index contributed by atoms with van der Waals surface area (Å²) in [7, 11) is 0. The summed E-state index contributed by atoms with van der Waals surface area (Å²) in [5.41, 5.74) is 13.7. The third-order valence-electron chi connectivity index (χ3n) is 14.2. The molecular formula is C52H54N2. The van der Waals surface area contributed by atoms with Crippen LogP contribution in [-0.4, -0.2) is 17.2 Å². The van der Waals surface area contributed by atoms with Crippen molar-refractivity contribution in [3.05, 3.63) is 179 Å². The van der Waals surface area contributed by atoms with Gasteiger partial charge in [-0.05, 0) is 116 Å². The standard InChI is InChI=1S/C52H54N2/c1-52(2)48-19-11-9-17-44(48)45-31-21-36(33-49(45)52)35-53(41-27-22-38(23-28-41)37-13-5-3-6-14-37)42-29-24-39(25-30-42)40-26-32-51-47(34-40)46-18-10-12-20-50(46)54(51)43-15-7-4-8-16-43/h3-7,9-13,15,17-25,27,29-31,37,40-41,44,48-49H,8,14,16,26,28,32-35H2,1-2H3. The molecule has 7 aliphatic carbocycles. The van der Waals surface area contributed by atoms with Crippen LogP contribution in [0.25, 0.3) is 16.6 Å². The number of allylic oxidation sites excluding steroid dienone is 17. The Morgan fingerprint density at radius 2 is 1.67 bits per heavy atom. The fourth-order valence-corrected chi connectivity index (χ4v) is 11.2. The van der Waals surface area contributed by atoms with Crippen LogP contribution in [0.15, 0.2) is 162 Å². The molecule has 6 unspecified atom stereocenters. The third kappa shape index (κ3) is 5.85. The number of hydrogen-bond donors (Lipinski definition) is 0. The average Bonchev–Trinajstić information content (AvgIpc) is 3.68. The topological polar surface area (TPSA) is 8.17 Å². The van der Waals surface area contributed by atoms with Crippen LogP contribution in [0.3, 0.4) is 0 Å². The fourth-order valence-electron chi connectivity index (χ4n) is 11.2. The molecule has 54 heavy (non-hydrogen) atoms. The molecule has 0 bridgehead atoms. The Kier molecular flexibility index (Phi) is 8.61. The Labute approximate surface area is 322 Å². The molecule has 2 nitrogen and oxygen atoms in total. The van der Waals surface area contributed by atoms with E-state index in [0.717, 1.165) is 51.5 Å². The average molecular weight is 707 g/mol. The molecule has 1 fully saturated rings. The van der Waals surface area contributed by atoms with Gasteiger partial charge in [0.1, 0.15) is 0 Å². The van der Waals surface area contributed by atoms with Gasteiger partial charge in [-0.15, -0.1) is 0 Å². The van der Waals surface area contributed by atoms with Crippen molar-refractivity contribution in [3.63, 3.8) is 0 Å². The quantitative estimate of drug-likeness (QED) is 0.237. The number of fused-ring (bicyclic) bond motifs is 6. The number of anilines is 1. The van der Waals surface area contributed by atoms with Crippen molar-refractivity contribution in [1.29, 1.82) is 0 Å². The molecule has 7 aliphatic rings. The van der Waals surface area contributed by atoms with Crippen LogP contribution in [-0.2, 0) is 12.8 Å². The lowest BCUT2D eigenvalue weighted by Gasteiger charge is -2.38. The van der Waals surface area contributed by atoms with E-state index in [1.54, 1.807) is 22.4 Å². The molecule has 0 spiro atoms. The molecule has 10 rings (SSSR count). The SMILES string of the molecule is CC1(C)C2CC(CN(c3ccc(C4CCc5c(c6ccccc6n5C5=CC=CCC5)C4)cc3)C3C=CC(C4C=CC=CC4)=CC3)=CC=C2C2C=CC=CC21. The molecular weight excluding hydrogens is 653 g/mol. The predicted molar refractivity (Wildman–Crippen MR) is 228 cm³/mol. The largest absolute Gasteiger partial charge is 0.361 e. The molecule has 0 N–H and O–H groups in total. The highest BCUT2D eigenvalue weighted by molar-refractivity contribution is 5.89. The molecule has 0 aliphatic heterocycles. The van der Waals surface area contributed by atoms with Gasteiger partial charge in [0.25, 0.3) is 0 Å². The van der Waals surface area contributed by atoms with Crippen LogP contribution < -0.4 is 4.90 Å². The highest BCUT2D eigenvalue weighted by atomic mass is 15.2. The highest BCUT2D eigenvalue weighted by Crippen LogP contribution is 2.59. The van der Waals surface area contributed by atoms with Crippen molar-refractivity contribution < 1.29 is 0 Å². The van der Waals surface area contributed by atoms with Crippen molar-refractivity contribution in [1.82, 2.24) is 4.57 Å². The second-order valence-electron chi connectivity index (χ2n) is 17.5. The van der Waals surface area contributed by atoms with E-state index >= 15 is 0 Å². The van der Waals surface area contributed by atoms with Crippen LogP contribution in [0, 0.1) is 29.1 Å². The maximum atomic E-state index is 2.71. The van der Waals surface area contributed by atoms with Crippen molar-refractivity contribution >= 4 is 22.3 Å². The molecule has 272 valence electrons. The molecule has 2 aromatic carbocycles. The van der Waals surface area contributed by atoms with Crippen LogP contribution >= 0.6 is 0 Å². The first-order valence-corrected chi connectivity index (χ1v) is 20.8. The minimum absolute atomic E-state index is 0.255. The fraction of sp³-hybridized carbons (Fsp3) is 0.346. The number of nitrogens with zero attached hydrogens (tertiary/aromatic N) is 2. The number of rotatable bonds is 7. The van der Waals surface area contributed by atoms with Crippen molar-refractivity contribution in [2.75, 3.05) is 11.4 Å². The van der Waals surface area contributed by atoms with Crippen molar-refractivity contribution in [2.24, 2.45) is 29.1 Å². The summed E-state index contributed by atoms with van der Waals surface area (Å²) in [4.78, 5) is 2.71. The van der Waals surface area contributed by atoms with Crippen molar-refractivity contribution in [3.8, 4) is 0 Å². The van der Waals surface area contributed by atoms with Gasteiger partial charge in [0, 0.05) is 40.8 Å². The van der Waals surface area contributed by atoms with Gasteiger partial charge in [0.15, 0.2) is 0 Å². The normalized spacial score (nSPS) is 28.9. The van der Waals surface area contributed by atoms with Crippen molar-refractivity contribution in [2.45, 2.75) is 77.2 Å². The third-order valence-corrected chi connectivity index (χ3v) is 14.2. The molecule has 6 atom stereocenters. The maximum Gasteiger partial charge on any atom is 0.0531 e. The van der Waals surface area contributed by atoms with Crippen LogP contribution in [0.4, 0.5) is 5.69 Å². The monoisotopic (exact) mass is 706 g/mol. The van der Waals surface area contributed by atoms with Crippen LogP contribution in [0.1, 0.15) is 75.1 Å². The van der Waals surface area contributed by atoms with Gasteiger partial charge < -0.3 is 9.47 Å². The van der Waals surface area contributed by atoms with E-state index in [0.29, 0.717) is 35.6 Å². The summed E-state index contributed by atoms with van der Waals surface area (Å²) in [6.45, 7) is 6.00. The molecule has 1 heterocycles. The van der Waals surface area contributed by atoms with E-state index < -0.39 is 0 Å². The smallest absolute Gasteiger partial charge is 0.0531 e. The van der Waals surface area contributed by atoms with E-state index in [1.165, 1.54) is 39.8 Å². The lowest BCUT2D eigenvalue weighted by molar-refractivity contribution is 0.215. The van der Waals surface area contributed by atoms with Gasteiger partial charge in [-0.3, -0.25) is 0 Å². The summed E-state index contributed by atoms with van der Waals surface area (Å²) in [5, 5.41) is 1.45. The molecule has 0 saturated heterocycles. The maximum absolute atomic E-state index is 2.71. The first kappa shape index (κ1) is 33.7. The molecule has 1 saturated carbocycles.